The van der Waals surface area contributed by atoms with Crippen LogP contribution in [0.15, 0.2) is 0 Å². The molecule has 1 fully saturated rings. The fraction of sp³-hybridized carbons (Fsp3) is 1.00. The molecule has 1 aliphatic heterocycles. The van der Waals surface area contributed by atoms with Crippen LogP contribution in [0.5, 0.6) is 0 Å². The van der Waals surface area contributed by atoms with Gasteiger partial charge in [-0.05, 0) is 32.6 Å². The Morgan fingerprint density at radius 3 is 2.44 bits per heavy atom. The molecule has 108 valence electrons. The van der Waals surface area contributed by atoms with E-state index in [1.165, 1.54) is 12.8 Å². The number of hydrogen-bond acceptors (Lipinski definition) is 3. The van der Waals surface area contributed by atoms with E-state index in [0.717, 1.165) is 38.9 Å². The first kappa shape index (κ1) is 15.9. The largest absolute Gasteiger partial charge is 0.379 e. The molecular weight excluding hydrogens is 228 g/mol. The summed E-state index contributed by atoms with van der Waals surface area (Å²) in [5.41, 5.74) is 0. The highest BCUT2D eigenvalue weighted by molar-refractivity contribution is 4.78. The highest BCUT2D eigenvalue weighted by Gasteiger charge is 2.30. The van der Waals surface area contributed by atoms with E-state index >= 15 is 0 Å². The minimum Gasteiger partial charge on any atom is -0.379 e. The van der Waals surface area contributed by atoms with Crippen LogP contribution in [0.1, 0.15) is 59.3 Å². The third kappa shape index (κ3) is 6.17. The molecular formula is C15H30O3. The predicted octanol–water partition coefficient (Wildman–Crippen LogP) is 3.56. The molecule has 0 N–H and O–H groups in total. The molecule has 3 atom stereocenters. The van der Waals surface area contributed by atoms with Crippen molar-refractivity contribution in [2.75, 3.05) is 19.8 Å². The second-order valence-electron chi connectivity index (χ2n) is 5.25. The monoisotopic (exact) mass is 258 g/mol. The zero-order valence-electron chi connectivity index (χ0n) is 12.3. The smallest absolute Gasteiger partial charge is 0.107 e. The van der Waals surface area contributed by atoms with Gasteiger partial charge in [0, 0.05) is 13.2 Å². The van der Waals surface area contributed by atoms with Gasteiger partial charge in [0.05, 0.1) is 18.8 Å². The van der Waals surface area contributed by atoms with Crippen molar-refractivity contribution in [2.45, 2.75) is 77.6 Å². The van der Waals surface area contributed by atoms with Crippen molar-refractivity contribution in [2.24, 2.45) is 0 Å². The maximum Gasteiger partial charge on any atom is 0.107 e. The molecule has 0 aromatic carbocycles. The zero-order valence-corrected chi connectivity index (χ0v) is 12.3. The van der Waals surface area contributed by atoms with Crippen molar-refractivity contribution in [3.8, 4) is 0 Å². The summed E-state index contributed by atoms with van der Waals surface area (Å²) >= 11 is 0. The summed E-state index contributed by atoms with van der Waals surface area (Å²) in [6.07, 6.45) is 7.59. The van der Waals surface area contributed by atoms with E-state index in [1.807, 2.05) is 0 Å². The van der Waals surface area contributed by atoms with Crippen molar-refractivity contribution >= 4 is 0 Å². The summed E-state index contributed by atoms with van der Waals surface area (Å²) in [7, 11) is 0. The Morgan fingerprint density at radius 2 is 1.83 bits per heavy atom. The van der Waals surface area contributed by atoms with Crippen LogP contribution in [0.4, 0.5) is 0 Å². The van der Waals surface area contributed by atoms with Gasteiger partial charge in [-0.15, -0.1) is 0 Å². The van der Waals surface area contributed by atoms with E-state index in [4.69, 9.17) is 14.2 Å². The number of unbranched alkanes of at least 4 members (excludes halogenated alkanes) is 2. The molecule has 0 radical (unpaired) electrons. The van der Waals surface area contributed by atoms with E-state index in [1.54, 1.807) is 0 Å². The predicted molar refractivity (Wildman–Crippen MR) is 73.9 cm³/mol. The van der Waals surface area contributed by atoms with Crippen molar-refractivity contribution in [1.82, 2.24) is 0 Å². The SMILES string of the molecule is CCCCOC[C@@H](OCCCC)[C@@H]1CC[C@@H](C)O1. The Morgan fingerprint density at radius 1 is 1.11 bits per heavy atom. The van der Waals surface area contributed by atoms with Gasteiger partial charge in [0.2, 0.25) is 0 Å². The highest BCUT2D eigenvalue weighted by atomic mass is 16.6. The molecule has 0 amide bonds. The normalized spacial score (nSPS) is 25.5. The third-order valence-corrected chi connectivity index (χ3v) is 3.43. The summed E-state index contributed by atoms with van der Waals surface area (Å²) in [6.45, 7) is 8.85. The lowest BCUT2D eigenvalue weighted by atomic mass is 10.1. The first-order valence-electron chi connectivity index (χ1n) is 7.62. The summed E-state index contributed by atoms with van der Waals surface area (Å²) < 4.78 is 17.6. The van der Waals surface area contributed by atoms with Crippen molar-refractivity contribution in [3.05, 3.63) is 0 Å². The van der Waals surface area contributed by atoms with Crippen LogP contribution in [-0.4, -0.2) is 38.1 Å². The Hall–Kier alpha value is -0.120. The summed E-state index contributed by atoms with van der Waals surface area (Å²) in [5, 5.41) is 0. The van der Waals surface area contributed by atoms with Crippen LogP contribution >= 0.6 is 0 Å². The molecule has 1 rings (SSSR count). The molecule has 3 nitrogen and oxygen atoms in total. The molecule has 0 unspecified atom stereocenters. The molecule has 1 aliphatic rings. The van der Waals surface area contributed by atoms with Gasteiger partial charge in [-0.2, -0.15) is 0 Å². The van der Waals surface area contributed by atoms with E-state index in [-0.39, 0.29) is 12.2 Å². The number of hydrogen-bond donors (Lipinski definition) is 0. The summed E-state index contributed by atoms with van der Waals surface area (Å²) in [4.78, 5) is 0. The lowest BCUT2D eigenvalue weighted by Gasteiger charge is -2.24. The van der Waals surface area contributed by atoms with Gasteiger partial charge in [-0.25, -0.2) is 0 Å². The van der Waals surface area contributed by atoms with Crippen LogP contribution in [0, 0.1) is 0 Å². The number of rotatable bonds is 10. The molecule has 0 aliphatic carbocycles. The van der Waals surface area contributed by atoms with Crippen LogP contribution < -0.4 is 0 Å². The average molecular weight is 258 g/mol. The molecule has 0 saturated carbocycles. The molecule has 0 spiro atoms. The highest BCUT2D eigenvalue weighted by Crippen LogP contribution is 2.23. The lowest BCUT2D eigenvalue weighted by Crippen LogP contribution is -2.34. The fourth-order valence-corrected chi connectivity index (χ4v) is 2.19. The minimum atomic E-state index is 0.123. The molecule has 1 saturated heterocycles. The van der Waals surface area contributed by atoms with E-state index in [0.29, 0.717) is 12.7 Å². The standard InChI is InChI=1S/C15H30O3/c1-4-6-10-16-12-15(17-11-7-5-2)14-9-8-13(3)18-14/h13-15H,4-12H2,1-3H3/t13-,14+,15-/m1/s1. The lowest BCUT2D eigenvalue weighted by molar-refractivity contribution is -0.0980. The molecule has 3 heteroatoms. The van der Waals surface area contributed by atoms with Gasteiger partial charge in [-0.1, -0.05) is 26.7 Å². The van der Waals surface area contributed by atoms with Crippen LogP contribution in [-0.2, 0) is 14.2 Å². The third-order valence-electron chi connectivity index (χ3n) is 3.43. The Labute approximate surface area is 112 Å². The molecule has 0 aromatic heterocycles. The summed E-state index contributed by atoms with van der Waals surface area (Å²) in [6, 6.07) is 0. The van der Waals surface area contributed by atoms with E-state index in [9.17, 15) is 0 Å². The van der Waals surface area contributed by atoms with Crippen LogP contribution in [0.3, 0.4) is 0 Å². The first-order valence-corrected chi connectivity index (χ1v) is 7.62. The Kier molecular flexibility index (Phi) is 8.64. The van der Waals surface area contributed by atoms with Gasteiger partial charge in [0.15, 0.2) is 0 Å². The minimum absolute atomic E-state index is 0.123. The van der Waals surface area contributed by atoms with Crippen LogP contribution in [0.2, 0.25) is 0 Å². The maximum atomic E-state index is 5.94. The second-order valence-corrected chi connectivity index (χ2v) is 5.25. The van der Waals surface area contributed by atoms with Gasteiger partial charge in [-0.3, -0.25) is 0 Å². The topological polar surface area (TPSA) is 27.7 Å². The Balaban J connectivity index is 2.27. The van der Waals surface area contributed by atoms with E-state index < -0.39 is 0 Å². The molecule has 0 bridgehead atoms. The van der Waals surface area contributed by atoms with Gasteiger partial charge >= 0.3 is 0 Å². The average Bonchev–Trinajstić information content (AvgIpc) is 2.79. The Bertz CT molecular complexity index is 196. The first-order chi connectivity index (χ1) is 8.77. The number of ether oxygens (including phenoxy) is 3. The maximum absolute atomic E-state index is 5.94. The quantitative estimate of drug-likeness (QED) is 0.561. The van der Waals surface area contributed by atoms with E-state index in [2.05, 4.69) is 20.8 Å². The zero-order chi connectivity index (χ0) is 13.2. The van der Waals surface area contributed by atoms with Crippen LogP contribution in [0.25, 0.3) is 0 Å². The molecule has 0 aromatic rings. The second kappa shape index (κ2) is 9.76. The van der Waals surface area contributed by atoms with Gasteiger partial charge in [0.25, 0.3) is 0 Å². The summed E-state index contributed by atoms with van der Waals surface area (Å²) in [5.74, 6) is 0. The van der Waals surface area contributed by atoms with Gasteiger partial charge < -0.3 is 14.2 Å². The van der Waals surface area contributed by atoms with Crippen molar-refractivity contribution in [1.29, 1.82) is 0 Å². The fourth-order valence-electron chi connectivity index (χ4n) is 2.19. The molecule has 18 heavy (non-hydrogen) atoms. The van der Waals surface area contributed by atoms with Gasteiger partial charge in [0.1, 0.15) is 6.10 Å². The molecule has 1 heterocycles. The van der Waals surface area contributed by atoms with Crippen molar-refractivity contribution < 1.29 is 14.2 Å². The van der Waals surface area contributed by atoms with Crippen molar-refractivity contribution in [3.63, 3.8) is 0 Å².